The SMILES string of the molecule is CCC(C)C(NC)c1ccncc1OC. The minimum Gasteiger partial charge on any atom is -0.495 e. The molecule has 0 aromatic carbocycles. The second-order valence-electron chi connectivity index (χ2n) is 3.77. The van der Waals surface area contributed by atoms with E-state index in [-0.39, 0.29) is 0 Å². The van der Waals surface area contributed by atoms with E-state index in [9.17, 15) is 0 Å². The molecule has 3 nitrogen and oxygen atoms in total. The van der Waals surface area contributed by atoms with Gasteiger partial charge in [-0.15, -0.1) is 0 Å². The Labute approximate surface area is 91.9 Å². The first-order valence-corrected chi connectivity index (χ1v) is 5.39. The molecule has 0 radical (unpaired) electrons. The second-order valence-corrected chi connectivity index (χ2v) is 3.77. The lowest BCUT2D eigenvalue weighted by molar-refractivity contribution is 0.363. The zero-order valence-electron chi connectivity index (χ0n) is 9.95. The van der Waals surface area contributed by atoms with E-state index < -0.39 is 0 Å². The van der Waals surface area contributed by atoms with Crippen LogP contribution in [0.25, 0.3) is 0 Å². The molecule has 0 aliphatic carbocycles. The fourth-order valence-electron chi connectivity index (χ4n) is 1.80. The fourth-order valence-corrected chi connectivity index (χ4v) is 1.80. The van der Waals surface area contributed by atoms with Crippen molar-refractivity contribution in [2.24, 2.45) is 5.92 Å². The zero-order chi connectivity index (χ0) is 11.3. The Morgan fingerprint density at radius 3 is 2.80 bits per heavy atom. The molecule has 0 aliphatic rings. The quantitative estimate of drug-likeness (QED) is 0.806. The van der Waals surface area contributed by atoms with Crippen LogP contribution in [0.3, 0.4) is 0 Å². The molecular weight excluding hydrogens is 188 g/mol. The Bertz CT molecular complexity index is 301. The Morgan fingerprint density at radius 2 is 2.27 bits per heavy atom. The van der Waals surface area contributed by atoms with E-state index in [4.69, 9.17) is 4.74 Å². The van der Waals surface area contributed by atoms with Gasteiger partial charge in [-0.1, -0.05) is 20.3 Å². The first-order chi connectivity index (χ1) is 7.24. The van der Waals surface area contributed by atoms with Gasteiger partial charge in [-0.3, -0.25) is 4.98 Å². The van der Waals surface area contributed by atoms with Gasteiger partial charge in [0, 0.05) is 17.8 Å². The van der Waals surface area contributed by atoms with Crippen LogP contribution in [0.5, 0.6) is 5.75 Å². The van der Waals surface area contributed by atoms with Crippen molar-refractivity contribution in [1.82, 2.24) is 10.3 Å². The molecule has 0 bridgehead atoms. The molecule has 3 heteroatoms. The van der Waals surface area contributed by atoms with Gasteiger partial charge < -0.3 is 10.1 Å². The van der Waals surface area contributed by atoms with Crippen molar-refractivity contribution in [3.8, 4) is 5.75 Å². The predicted octanol–water partition coefficient (Wildman–Crippen LogP) is 2.40. The minimum absolute atomic E-state index is 0.327. The van der Waals surface area contributed by atoms with Gasteiger partial charge in [0.25, 0.3) is 0 Å². The number of pyridine rings is 1. The Kier molecular flexibility index (Phi) is 4.56. The normalized spacial score (nSPS) is 14.7. The third-order valence-corrected chi connectivity index (χ3v) is 2.90. The van der Waals surface area contributed by atoms with Crippen LogP contribution in [0, 0.1) is 5.92 Å². The summed E-state index contributed by atoms with van der Waals surface area (Å²) < 4.78 is 5.32. The highest BCUT2D eigenvalue weighted by atomic mass is 16.5. The molecule has 84 valence electrons. The third-order valence-electron chi connectivity index (χ3n) is 2.90. The van der Waals surface area contributed by atoms with Gasteiger partial charge in [-0.25, -0.2) is 0 Å². The lowest BCUT2D eigenvalue weighted by Crippen LogP contribution is -2.23. The van der Waals surface area contributed by atoms with E-state index in [2.05, 4.69) is 24.1 Å². The highest BCUT2D eigenvalue weighted by molar-refractivity contribution is 5.33. The molecule has 1 aromatic heterocycles. The molecule has 1 heterocycles. The molecule has 0 spiro atoms. The molecule has 1 rings (SSSR count). The van der Waals surface area contributed by atoms with Crippen molar-refractivity contribution < 1.29 is 4.74 Å². The third kappa shape index (κ3) is 2.69. The van der Waals surface area contributed by atoms with E-state index in [1.165, 1.54) is 5.56 Å². The highest BCUT2D eigenvalue weighted by Gasteiger charge is 2.19. The number of nitrogens with one attached hydrogen (secondary N) is 1. The molecular formula is C12H20N2O. The lowest BCUT2D eigenvalue weighted by atomic mass is 9.93. The maximum Gasteiger partial charge on any atom is 0.141 e. The van der Waals surface area contributed by atoms with Gasteiger partial charge in [0.15, 0.2) is 0 Å². The lowest BCUT2D eigenvalue weighted by Gasteiger charge is -2.24. The van der Waals surface area contributed by atoms with Crippen LogP contribution >= 0.6 is 0 Å². The summed E-state index contributed by atoms with van der Waals surface area (Å²) in [6.45, 7) is 4.43. The van der Waals surface area contributed by atoms with Crippen LogP contribution in [0.1, 0.15) is 31.9 Å². The topological polar surface area (TPSA) is 34.2 Å². The van der Waals surface area contributed by atoms with Gasteiger partial charge in [-0.2, -0.15) is 0 Å². The number of nitrogens with zero attached hydrogens (tertiary/aromatic N) is 1. The summed E-state index contributed by atoms with van der Waals surface area (Å²) >= 11 is 0. The zero-order valence-corrected chi connectivity index (χ0v) is 9.95. The van der Waals surface area contributed by atoms with Crippen LogP contribution < -0.4 is 10.1 Å². The first kappa shape index (κ1) is 12.0. The Hall–Kier alpha value is -1.09. The predicted molar refractivity (Wildman–Crippen MR) is 62.0 cm³/mol. The maximum atomic E-state index is 5.32. The number of rotatable bonds is 5. The molecule has 0 fully saturated rings. The molecule has 15 heavy (non-hydrogen) atoms. The summed E-state index contributed by atoms with van der Waals surface area (Å²) in [5.74, 6) is 1.43. The van der Waals surface area contributed by atoms with Gasteiger partial charge in [0.1, 0.15) is 5.75 Å². The fraction of sp³-hybridized carbons (Fsp3) is 0.583. The van der Waals surface area contributed by atoms with Gasteiger partial charge >= 0.3 is 0 Å². The maximum absolute atomic E-state index is 5.32. The Morgan fingerprint density at radius 1 is 1.53 bits per heavy atom. The summed E-state index contributed by atoms with van der Waals surface area (Å²) in [6.07, 6.45) is 4.71. The molecule has 0 saturated carbocycles. The van der Waals surface area contributed by atoms with Crippen molar-refractivity contribution in [1.29, 1.82) is 0 Å². The van der Waals surface area contributed by atoms with E-state index in [1.807, 2.05) is 19.3 Å². The van der Waals surface area contributed by atoms with Gasteiger partial charge in [-0.05, 0) is 19.0 Å². The van der Waals surface area contributed by atoms with Crippen molar-refractivity contribution >= 4 is 0 Å². The van der Waals surface area contributed by atoms with Crippen LogP contribution in [-0.2, 0) is 0 Å². The van der Waals surface area contributed by atoms with Crippen molar-refractivity contribution in [3.05, 3.63) is 24.0 Å². The number of methoxy groups -OCH3 is 1. The van der Waals surface area contributed by atoms with E-state index >= 15 is 0 Å². The molecule has 2 atom stereocenters. The van der Waals surface area contributed by atoms with Crippen molar-refractivity contribution in [2.75, 3.05) is 14.2 Å². The van der Waals surface area contributed by atoms with Gasteiger partial charge in [0.05, 0.1) is 13.3 Å². The van der Waals surface area contributed by atoms with E-state index in [0.717, 1.165) is 12.2 Å². The smallest absolute Gasteiger partial charge is 0.141 e. The van der Waals surface area contributed by atoms with Crippen molar-refractivity contribution in [2.45, 2.75) is 26.3 Å². The number of hydrogen-bond acceptors (Lipinski definition) is 3. The summed E-state index contributed by atoms with van der Waals surface area (Å²) in [7, 11) is 3.67. The van der Waals surface area contributed by atoms with Crippen LogP contribution in [0.15, 0.2) is 18.5 Å². The number of hydrogen-bond donors (Lipinski definition) is 1. The highest BCUT2D eigenvalue weighted by Crippen LogP contribution is 2.30. The van der Waals surface area contributed by atoms with Crippen molar-refractivity contribution in [3.63, 3.8) is 0 Å². The monoisotopic (exact) mass is 208 g/mol. The molecule has 2 unspecified atom stereocenters. The molecule has 0 saturated heterocycles. The van der Waals surface area contributed by atoms with Crippen LogP contribution in [0.4, 0.5) is 0 Å². The minimum atomic E-state index is 0.327. The van der Waals surface area contributed by atoms with Crippen LogP contribution in [0.2, 0.25) is 0 Å². The summed E-state index contributed by atoms with van der Waals surface area (Å²) in [5.41, 5.74) is 1.18. The molecule has 0 amide bonds. The number of aromatic nitrogens is 1. The van der Waals surface area contributed by atoms with Gasteiger partial charge in [0.2, 0.25) is 0 Å². The number of ether oxygens (including phenoxy) is 1. The largest absolute Gasteiger partial charge is 0.495 e. The van der Waals surface area contributed by atoms with Crippen LogP contribution in [-0.4, -0.2) is 19.1 Å². The summed E-state index contributed by atoms with van der Waals surface area (Å²) in [5, 5.41) is 3.34. The Balaban J connectivity index is 3.00. The average Bonchev–Trinajstić information content (AvgIpc) is 2.30. The first-order valence-electron chi connectivity index (χ1n) is 5.39. The standard InChI is InChI=1S/C12H20N2O/c1-5-9(2)12(13-3)10-6-7-14-8-11(10)15-4/h6-9,12-13H,5H2,1-4H3. The van der Waals surface area contributed by atoms with E-state index in [1.54, 1.807) is 13.3 Å². The second kappa shape index (κ2) is 5.71. The average molecular weight is 208 g/mol. The summed E-state index contributed by atoms with van der Waals surface area (Å²) in [4.78, 5) is 4.07. The molecule has 1 aromatic rings. The van der Waals surface area contributed by atoms with E-state index in [0.29, 0.717) is 12.0 Å². The molecule has 1 N–H and O–H groups in total. The summed E-state index contributed by atoms with van der Waals surface area (Å²) in [6, 6.07) is 2.35. The molecule has 0 aliphatic heterocycles.